The highest BCUT2D eigenvalue weighted by Crippen LogP contribution is 2.37. The average Bonchev–Trinajstić information content (AvgIpc) is 3.18. The lowest BCUT2D eigenvalue weighted by Crippen LogP contribution is -2.53. The van der Waals surface area contributed by atoms with Crippen molar-refractivity contribution in [1.82, 2.24) is 9.88 Å². The molecule has 3 aliphatic heterocycles. The van der Waals surface area contributed by atoms with Gasteiger partial charge < -0.3 is 10.2 Å². The number of hydrogen-bond donors (Lipinski definition) is 2. The van der Waals surface area contributed by atoms with E-state index in [1.165, 1.54) is 0 Å². The number of amides is 2. The summed E-state index contributed by atoms with van der Waals surface area (Å²) in [5.74, 6) is 7.80. The van der Waals surface area contributed by atoms with Crippen molar-refractivity contribution in [3.8, 4) is 0 Å². The number of amidine groups is 1. The van der Waals surface area contributed by atoms with E-state index in [0.29, 0.717) is 23.8 Å². The second-order valence-electron chi connectivity index (χ2n) is 8.25. The predicted molar refractivity (Wildman–Crippen MR) is 125 cm³/mol. The molecule has 0 radical (unpaired) electrons. The summed E-state index contributed by atoms with van der Waals surface area (Å²) in [6, 6.07) is 12.5. The van der Waals surface area contributed by atoms with Gasteiger partial charge in [0, 0.05) is 30.8 Å². The first-order valence-corrected chi connectivity index (χ1v) is 10.8. The van der Waals surface area contributed by atoms with Gasteiger partial charge in [-0.25, -0.2) is 4.98 Å². The Morgan fingerprint density at radius 1 is 1.21 bits per heavy atom. The number of nitrogens with zero attached hydrogens (tertiary/aromatic N) is 5. The highest BCUT2D eigenvalue weighted by Gasteiger charge is 2.46. The molecule has 1 aromatic carbocycles. The van der Waals surface area contributed by atoms with E-state index in [9.17, 15) is 9.59 Å². The SMILES string of the molecule is N[N+]12C=CN=CC1=C(C1CCCN(C=O)C1)N=C2c1ccc(C(=O)Nc2ccccn2)cc1. The predicted octanol–water partition coefficient (Wildman–Crippen LogP) is 2.42. The summed E-state index contributed by atoms with van der Waals surface area (Å²) in [7, 11) is 0. The third-order valence-electron chi connectivity index (χ3n) is 6.12. The summed E-state index contributed by atoms with van der Waals surface area (Å²) < 4.78 is -0.0874. The molecule has 4 heterocycles. The quantitative estimate of drug-likeness (QED) is 0.421. The minimum Gasteiger partial charge on any atom is -0.345 e. The highest BCUT2D eigenvalue weighted by atomic mass is 16.1. The molecule has 0 bridgehead atoms. The number of hydrogen-bond acceptors (Lipinski definition) is 6. The molecule has 9 heteroatoms. The molecule has 3 N–H and O–H groups in total. The maximum atomic E-state index is 12.6. The van der Waals surface area contributed by atoms with Crippen LogP contribution in [0.1, 0.15) is 28.8 Å². The molecular weight excluding hydrogens is 418 g/mol. The van der Waals surface area contributed by atoms with Crippen LogP contribution in [0, 0.1) is 5.92 Å². The number of carbonyl (C=O) groups is 2. The van der Waals surface area contributed by atoms with Crippen LogP contribution in [0.2, 0.25) is 0 Å². The maximum absolute atomic E-state index is 12.6. The third kappa shape index (κ3) is 3.88. The van der Waals surface area contributed by atoms with Gasteiger partial charge in [-0.15, -0.1) is 4.59 Å². The molecule has 9 nitrogen and oxygen atoms in total. The number of pyridine rings is 1. The zero-order chi connectivity index (χ0) is 22.8. The van der Waals surface area contributed by atoms with Crippen LogP contribution in [0.25, 0.3) is 0 Å². The van der Waals surface area contributed by atoms with Crippen molar-refractivity contribution in [2.24, 2.45) is 21.7 Å². The van der Waals surface area contributed by atoms with E-state index < -0.39 is 0 Å². The number of benzene rings is 1. The third-order valence-corrected chi connectivity index (χ3v) is 6.12. The zero-order valence-corrected chi connectivity index (χ0v) is 18.0. The van der Waals surface area contributed by atoms with Crippen molar-refractivity contribution < 1.29 is 14.2 Å². The van der Waals surface area contributed by atoms with Gasteiger partial charge in [0.05, 0.1) is 18.0 Å². The Morgan fingerprint density at radius 3 is 2.82 bits per heavy atom. The minimum atomic E-state index is -0.245. The summed E-state index contributed by atoms with van der Waals surface area (Å²) in [4.78, 5) is 39.0. The summed E-state index contributed by atoms with van der Waals surface area (Å²) >= 11 is 0. The monoisotopic (exact) mass is 442 g/mol. The summed E-state index contributed by atoms with van der Waals surface area (Å²) in [6.07, 6.45) is 9.58. The Labute approximate surface area is 191 Å². The number of aromatic nitrogens is 1. The molecule has 2 aromatic rings. The minimum absolute atomic E-state index is 0.0874. The van der Waals surface area contributed by atoms with E-state index in [4.69, 9.17) is 10.8 Å². The number of quaternary nitrogens is 1. The van der Waals surface area contributed by atoms with Crippen LogP contribution in [0.15, 0.2) is 82.4 Å². The number of carbonyl (C=O) groups excluding carboxylic acids is 2. The Bertz CT molecular complexity index is 1200. The van der Waals surface area contributed by atoms with Crippen LogP contribution >= 0.6 is 0 Å². The lowest BCUT2D eigenvalue weighted by molar-refractivity contribution is -0.750. The van der Waals surface area contributed by atoms with E-state index >= 15 is 0 Å². The first kappa shape index (κ1) is 20.9. The number of aliphatic imine (C=N–C) groups is 2. The number of rotatable bonds is 5. The molecule has 0 saturated carbocycles. The van der Waals surface area contributed by atoms with Crippen LogP contribution in [-0.2, 0) is 4.79 Å². The van der Waals surface area contributed by atoms with Gasteiger partial charge in [-0.3, -0.25) is 14.6 Å². The highest BCUT2D eigenvalue weighted by molar-refractivity contribution is 6.05. The summed E-state index contributed by atoms with van der Waals surface area (Å²) in [6.45, 7) is 1.38. The average molecular weight is 443 g/mol. The number of likely N-dealkylation sites (tertiary alicyclic amines) is 1. The lowest BCUT2D eigenvalue weighted by Gasteiger charge is -2.30. The van der Waals surface area contributed by atoms with Gasteiger partial charge in [-0.2, -0.15) is 10.8 Å². The molecule has 3 aliphatic rings. The number of piperidine rings is 1. The van der Waals surface area contributed by atoms with Gasteiger partial charge in [-0.05, 0) is 49.2 Å². The summed E-state index contributed by atoms with van der Waals surface area (Å²) in [5.41, 5.74) is 2.98. The number of fused-ring (bicyclic) bond motifs is 1. The smallest absolute Gasteiger partial charge is 0.264 e. The molecule has 1 saturated heterocycles. The Kier molecular flexibility index (Phi) is 5.41. The molecule has 2 atom stereocenters. The molecule has 1 fully saturated rings. The normalized spacial score (nSPS) is 23.8. The van der Waals surface area contributed by atoms with E-state index in [0.717, 1.165) is 42.8 Å². The first-order valence-electron chi connectivity index (χ1n) is 10.8. The number of anilines is 1. The standard InChI is InChI=1S/C24H23N7O2/c25-31-13-11-26-14-20(31)22(19-4-3-12-30(15-19)16-32)29-23(31)17-6-8-18(9-7-17)24(33)28-21-5-1-2-10-27-21/h1-2,5-11,13-14,16,19H,3-4,12,15,25H2/p+1. The molecule has 166 valence electrons. The molecule has 2 amide bonds. The molecular formula is C24H24N7O2+. The lowest BCUT2D eigenvalue weighted by atomic mass is 9.94. The fraction of sp³-hybridized carbons (Fsp3) is 0.208. The Morgan fingerprint density at radius 2 is 2.06 bits per heavy atom. The fourth-order valence-electron chi connectivity index (χ4n) is 4.43. The van der Waals surface area contributed by atoms with Gasteiger partial charge in [-0.1, -0.05) is 6.07 Å². The van der Waals surface area contributed by atoms with Gasteiger partial charge in [0.25, 0.3) is 11.7 Å². The van der Waals surface area contributed by atoms with E-state index in [1.54, 1.807) is 54.0 Å². The van der Waals surface area contributed by atoms with Crippen LogP contribution < -0.4 is 11.2 Å². The van der Waals surface area contributed by atoms with E-state index in [1.807, 2.05) is 18.2 Å². The van der Waals surface area contributed by atoms with Gasteiger partial charge in [0.1, 0.15) is 17.7 Å². The topological polar surface area (TPSA) is 113 Å². The fourth-order valence-corrected chi connectivity index (χ4v) is 4.43. The molecule has 0 aliphatic carbocycles. The number of allylic oxidation sites excluding steroid dienone is 1. The van der Waals surface area contributed by atoms with Gasteiger partial charge in [0.15, 0.2) is 0 Å². The largest absolute Gasteiger partial charge is 0.345 e. The Balaban J connectivity index is 1.43. The maximum Gasteiger partial charge on any atom is 0.264 e. The van der Waals surface area contributed by atoms with Crippen molar-refractivity contribution in [2.45, 2.75) is 12.8 Å². The molecule has 0 spiro atoms. The van der Waals surface area contributed by atoms with Crippen LogP contribution in [0.3, 0.4) is 0 Å². The van der Waals surface area contributed by atoms with Crippen molar-refractivity contribution in [3.63, 3.8) is 0 Å². The van der Waals surface area contributed by atoms with Crippen LogP contribution in [0.5, 0.6) is 0 Å². The molecule has 1 aromatic heterocycles. The van der Waals surface area contributed by atoms with E-state index in [2.05, 4.69) is 15.3 Å². The van der Waals surface area contributed by atoms with Gasteiger partial charge >= 0.3 is 0 Å². The van der Waals surface area contributed by atoms with Crippen molar-refractivity contribution in [3.05, 3.63) is 83.6 Å². The summed E-state index contributed by atoms with van der Waals surface area (Å²) in [5, 5.41) is 2.78. The van der Waals surface area contributed by atoms with E-state index in [-0.39, 0.29) is 16.4 Å². The second-order valence-corrected chi connectivity index (χ2v) is 8.25. The van der Waals surface area contributed by atoms with Gasteiger partial charge in [0.2, 0.25) is 12.1 Å². The second kappa shape index (κ2) is 8.53. The zero-order valence-electron chi connectivity index (χ0n) is 18.0. The van der Waals surface area contributed by atoms with Crippen LogP contribution in [-0.4, -0.2) is 51.9 Å². The number of nitrogens with one attached hydrogen (secondary N) is 1. The Hall–Kier alpha value is -3.95. The van der Waals surface area contributed by atoms with Crippen molar-refractivity contribution in [1.29, 1.82) is 0 Å². The molecule has 2 unspecified atom stereocenters. The molecule has 33 heavy (non-hydrogen) atoms. The van der Waals surface area contributed by atoms with Crippen molar-refractivity contribution in [2.75, 3.05) is 18.4 Å². The molecule has 5 rings (SSSR count). The first-order chi connectivity index (χ1) is 16.1. The van der Waals surface area contributed by atoms with Crippen molar-refractivity contribution >= 4 is 30.2 Å². The number of nitrogens with two attached hydrogens (primary N) is 1. The van der Waals surface area contributed by atoms with Crippen LogP contribution in [0.4, 0.5) is 5.82 Å².